The van der Waals surface area contributed by atoms with Crippen LogP contribution >= 0.6 is 0 Å². The Morgan fingerprint density at radius 2 is 1.73 bits per heavy atom. The maximum atomic E-state index is 13.0. The molecule has 0 aliphatic carbocycles. The van der Waals surface area contributed by atoms with Crippen molar-refractivity contribution in [1.29, 1.82) is 5.26 Å². The van der Waals surface area contributed by atoms with Crippen LogP contribution in [0.1, 0.15) is 64.9 Å². The molecule has 1 aliphatic heterocycles. The van der Waals surface area contributed by atoms with Crippen LogP contribution in [0.25, 0.3) is 0 Å². The molecule has 1 aliphatic rings. The lowest BCUT2D eigenvalue weighted by molar-refractivity contribution is 0.0950. The summed E-state index contributed by atoms with van der Waals surface area (Å²) in [6, 6.07) is 22.5. The van der Waals surface area contributed by atoms with Gasteiger partial charge in [0.05, 0.1) is 22.3 Å². The minimum absolute atomic E-state index is 0.0595. The van der Waals surface area contributed by atoms with Gasteiger partial charge in [-0.2, -0.15) is 5.26 Å². The minimum atomic E-state index is -3.24. The summed E-state index contributed by atoms with van der Waals surface area (Å²) in [5, 5.41) is 12.0. The van der Waals surface area contributed by atoms with E-state index in [1.165, 1.54) is 11.1 Å². The number of benzene rings is 3. The number of sulfone groups is 1. The third kappa shape index (κ3) is 6.27. The maximum absolute atomic E-state index is 13.0. The van der Waals surface area contributed by atoms with E-state index in [-0.39, 0.29) is 11.7 Å². The van der Waals surface area contributed by atoms with E-state index in [0.29, 0.717) is 34.4 Å². The maximum Gasteiger partial charge on any atom is 0.251 e. The molecule has 0 saturated carbocycles. The van der Waals surface area contributed by atoms with E-state index in [2.05, 4.69) is 36.2 Å². The zero-order chi connectivity index (χ0) is 26.6. The molecule has 1 heterocycles. The Hall–Kier alpha value is -3.47. The van der Waals surface area contributed by atoms with E-state index < -0.39 is 9.84 Å². The quantitative estimate of drug-likeness (QED) is 0.454. The first-order valence-electron chi connectivity index (χ1n) is 12.6. The van der Waals surface area contributed by atoms with Crippen molar-refractivity contribution in [3.05, 3.63) is 100 Å². The van der Waals surface area contributed by atoms with Gasteiger partial charge in [-0.15, -0.1) is 0 Å². The lowest BCUT2D eigenvalue weighted by Crippen LogP contribution is -2.35. The summed E-state index contributed by atoms with van der Waals surface area (Å²) in [5.74, 6) is 0.737. The number of carbonyl (C=O) groups is 1. The molecule has 0 bridgehead atoms. The van der Waals surface area contributed by atoms with Crippen molar-refractivity contribution in [2.45, 2.75) is 51.2 Å². The van der Waals surface area contributed by atoms with Crippen LogP contribution in [0.5, 0.6) is 0 Å². The van der Waals surface area contributed by atoms with E-state index in [4.69, 9.17) is 5.26 Å². The zero-order valence-electron chi connectivity index (χ0n) is 21.6. The van der Waals surface area contributed by atoms with Crippen LogP contribution in [0.4, 0.5) is 0 Å². The number of hydrogen-bond acceptors (Lipinski definition) is 5. The monoisotopic (exact) mass is 515 g/mol. The molecule has 1 atom stereocenters. The molecule has 0 unspecified atom stereocenters. The average molecular weight is 516 g/mol. The molecule has 3 aromatic carbocycles. The fourth-order valence-electron chi connectivity index (χ4n) is 4.83. The highest BCUT2D eigenvalue weighted by Gasteiger charge is 2.28. The smallest absolute Gasteiger partial charge is 0.251 e. The first-order chi connectivity index (χ1) is 17.7. The molecular weight excluding hydrogens is 482 g/mol. The van der Waals surface area contributed by atoms with Gasteiger partial charge in [0.1, 0.15) is 0 Å². The second-order valence-corrected chi connectivity index (χ2v) is 12.3. The first kappa shape index (κ1) is 26.6. The van der Waals surface area contributed by atoms with Gasteiger partial charge < -0.3 is 5.32 Å². The lowest BCUT2D eigenvalue weighted by Gasteiger charge is -2.37. The summed E-state index contributed by atoms with van der Waals surface area (Å²) in [6.07, 6.45) is 0. The third-order valence-corrected chi connectivity index (χ3v) is 8.81. The topological polar surface area (TPSA) is 90.3 Å². The molecule has 0 aromatic heterocycles. The predicted octanol–water partition coefficient (Wildman–Crippen LogP) is 5.04. The number of rotatable bonds is 8. The Morgan fingerprint density at radius 1 is 1.05 bits per heavy atom. The van der Waals surface area contributed by atoms with Crippen LogP contribution in [-0.4, -0.2) is 31.5 Å². The highest BCUT2D eigenvalue weighted by Crippen LogP contribution is 2.34. The Morgan fingerprint density at radius 3 is 2.35 bits per heavy atom. The number of nitrogens with zero attached hydrogens (tertiary/aromatic N) is 2. The fourth-order valence-corrected chi connectivity index (χ4v) is 5.71. The van der Waals surface area contributed by atoms with Crippen molar-refractivity contribution in [2.24, 2.45) is 5.92 Å². The molecule has 7 heteroatoms. The molecule has 6 nitrogen and oxygen atoms in total. The number of nitriles is 1. The van der Waals surface area contributed by atoms with Gasteiger partial charge in [-0.25, -0.2) is 8.42 Å². The van der Waals surface area contributed by atoms with Gasteiger partial charge in [0.25, 0.3) is 5.91 Å². The fraction of sp³-hybridized carbons (Fsp3) is 0.333. The summed E-state index contributed by atoms with van der Waals surface area (Å²) in [4.78, 5) is 15.7. The van der Waals surface area contributed by atoms with E-state index in [1.807, 2.05) is 36.4 Å². The Kier molecular flexibility index (Phi) is 8.11. The molecule has 4 rings (SSSR count). The molecule has 3 aromatic rings. The Balaban J connectivity index is 1.46. The van der Waals surface area contributed by atoms with Crippen LogP contribution in [-0.2, 0) is 29.5 Å². The average Bonchev–Trinajstić information content (AvgIpc) is 2.91. The molecule has 1 N–H and O–H groups in total. The summed E-state index contributed by atoms with van der Waals surface area (Å²) >= 11 is 0. The molecule has 0 fully saturated rings. The van der Waals surface area contributed by atoms with Gasteiger partial charge in [0.15, 0.2) is 9.84 Å². The van der Waals surface area contributed by atoms with Gasteiger partial charge in [-0.3, -0.25) is 9.69 Å². The second-order valence-electron chi connectivity index (χ2n) is 9.97. The van der Waals surface area contributed by atoms with E-state index in [0.717, 1.165) is 30.8 Å². The SMILES string of the molecule is CCS(=O)(=O)c1ccc(CNC(=O)c2ccc3c(c2)CN(Cc2ccc(C#N)cc2)C[C@@H]3C(C)C)cc1. The van der Waals surface area contributed by atoms with Gasteiger partial charge in [-0.1, -0.05) is 51.1 Å². The standard InChI is InChI=1S/C30H33N3O3S/c1-4-37(35,36)27-12-9-23(10-13-27)17-32-30(34)25-11-14-28-26(15-25)19-33(20-29(28)21(2)3)18-24-7-5-22(16-31)6-8-24/h5-15,21,29H,4,17-20H2,1-3H3,(H,32,34)/t29-/m1/s1. The van der Waals surface area contributed by atoms with Crippen molar-refractivity contribution in [1.82, 2.24) is 10.2 Å². The van der Waals surface area contributed by atoms with E-state index >= 15 is 0 Å². The summed E-state index contributed by atoms with van der Waals surface area (Å²) in [7, 11) is -3.24. The number of carbonyl (C=O) groups excluding carboxylic acids is 1. The van der Waals surface area contributed by atoms with Gasteiger partial charge in [0.2, 0.25) is 0 Å². The molecular formula is C30H33N3O3S. The highest BCUT2D eigenvalue weighted by atomic mass is 32.2. The first-order valence-corrected chi connectivity index (χ1v) is 14.3. The van der Waals surface area contributed by atoms with Crippen LogP contribution in [0, 0.1) is 17.2 Å². The Labute approximate surface area is 219 Å². The number of hydrogen-bond donors (Lipinski definition) is 1. The van der Waals surface area contributed by atoms with Crippen molar-refractivity contribution in [3.63, 3.8) is 0 Å². The van der Waals surface area contributed by atoms with Crippen molar-refractivity contribution >= 4 is 15.7 Å². The molecule has 0 spiro atoms. The number of nitrogens with one attached hydrogen (secondary N) is 1. The van der Waals surface area contributed by atoms with Crippen LogP contribution in [0.3, 0.4) is 0 Å². The van der Waals surface area contributed by atoms with Crippen LogP contribution < -0.4 is 5.32 Å². The Bertz CT molecular complexity index is 1410. The summed E-state index contributed by atoms with van der Waals surface area (Å²) in [6.45, 7) is 8.90. The lowest BCUT2D eigenvalue weighted by atomic mass is 9.81. The van der Waals surface area contributed by atoms with Gasteiger partial charge in [-0.05, 0) is 70.5 Å². The largest absolute Gasteiger partial charge is 0.348 e. The van der Waals surface area contributed by atoms with Crippen LogP contribution in [0.15, 0.2) is 71.6 Å². The van der Waals surface area contributed by atoms with Crippen molar-refractivity contribution < 1.29 is 13.2 Å². The summed E-state index contributed by atoms with van der Waals surface area (Å²) in [5.41, 5.74) is 5.75. The molecule has 0 saturated heterocycles. The normalized spacial score (nSPS) is 15.7. The zero-order valence-corrected chi connectivity index (χ0v) is 22.4. The predicted molar refractivity (Wildman–Crippen MR) is 145 cm³/mol. The molecule has 1 amide bonds. The van der Waals surface area contributed by atoms with Gasteiger partial charge >= 0.3 is 0 Å². The van der Waals surface area contributed by atoms with E-state index in [9.17, 15) is 13.2 Å². The van der Waals surface area contributed by atoms with Crippen molar-refractivity contribution in [2.75, 3.05) is 12.3 Å². The van der Waals surface area contributed by atoms with Crippen molar-refractivity contribution in [3.8, 4) is 6.07 Å². The van der Waals surface area contributed by atoms with Gasteiger partial charge in [0, 0.05) is 31.7 Å². The second kappa shape index (κ2) is 11.3. The molecule has 37 heavy (non-hydrogen) atoms. The highest BCUT2D eigenvalue weighted by molar-refractivity contribution is 7.91. The number of fused-ring (bicyclic) bond motifs is 1. The van der Waals surface area contributed by atoms with Crippen LogP contribution in [0.2, 0.25) is 0 Å². The molecule has 192 valence electrons. The minimum Gasteiger partial charge on any atom is -0.348 e. The van der Waals surface area contributed by atoms with E-state index in [1.54, 1.807) is 31.2 Å². The number of amides is 1. The molecule has 0 radical (unpaired) electrons. The third-order valence-electron chi connectivity index (χ3n) is 7.06. The summed E-state index contributed by atoms with van der Waals surface area (Å²) < 4.78 is 24.0.